The molecule has 0 spiro atoms. The molecule has 1 aromatic heterocycles. The molecule has 3 aromatic rings. The lowest BCUT2D eigenvalue weighted by molar-refractivity contribution is 0.291. The van der Waals surface area contributed by atoms with E-state index in [0.29, 0.717) is 6.61 Å². The van der Waals surface area contributed by atoms with Crippen molar-refractivity contribution in [2.45, 2.75) is 13.0 Å². The zero-order valence-electron chi connectivity index (χ0n) is 15.4. The van der Waals surface area contributed by atoms with Crippen LogP contribution in [0.1, 0.15) is 12.0 Å². The van der Waals surface area contributed by atoms with Gasteiger partial charge in [-0.25, -0.2) is 0 Å². The van der Waals surface area contributed by atoms with Gasteiger partial charge in [-0.2, -0.15) is 16.1 Å². The second-order valence-corrected chi connectivity index (χ2v) is 8.72. The number of fused-ring (bicyclic) bond motifs is 1. The van der Waals surface area contributed by atoms with Gasteiger partial charge in [0.25, 0.3) is 0 Å². The summed E-state index contributed by atoms with van der Waals surface area (Å²) in [5, 5.41) is 4.63. The molecule has 1 aliphatic rings. The summed E-state index contributed by atoms with van der Waals surface area (Å²) in [7, 11) is 0. The number of anilines is 1. The minimum Gasteiger partial charge on any atom is -0.494 e. The van der Waals surface area contributed by atoms with Crippen LogP contribution in [-0.2, 0) is 6.54 Å². The van der Waals surface area contributed by atoms with E-state index in [1.807, 2.05) is 0 Å². The summed E-state index contributed by atoms with van der Waals surface area (Å²) in [6.07, 6.45) is 0.944. The first kappa shape index (κ1) is 18.6. The van der Waals surface area contributed by atoms with E-state index in [-0.39, 0.29) is 0 Å². The highest BCUT2D eigenvalue weighted by Crippen LogP contribution is 2.26. The molecule has 1 saturated heterocycles. The quantitative estimate of drug-likeness (QED) is 0.555. The molecule has 2 aromatic carbocycles. The van der Waals surface area contributed by atoms with Gasteiger partial charge in [-0.1, -0.05) is 24.3 Å². The van der Waals surface area contributed by atoms with Crippen molar-refractivity contribution in [2.75, 3.05) is 43.1 Å². The Morgan fingerprint density at radius 2 is 1.96 bits per heavy atom. The maximum absolute atomic E-state index is 5.96. The van der Waals surface area contributed by atoms with Crippen LogP contribution in [0.4, 0.5) is 5.82 Å². The maximum Gasteiger partial charge on any atom is 0.147 e. The highest BCUT2D eigenvalue weighted by Gasteiger charge is 2.11. The highest BCUT2D eigenvalue weighted by molar-refractivity contribution is 7.99. The van der Waals surface area contributed by atoms with Crippen molar-refractivity contribution in [1.82, 2.24) is 9.27 Å². The van der Waals surface area contributed by atoms with Crippen molar-refractivity contribution in [3.8, 4) is 5.75 Å². The fourth-order valence-corrected chi connectivity index (χ4v) is 4.97. The third-order valence-electron chi connectivity index (χ3n) is 4.67. The lowest BCUT2D eigenvalue weighted by Gasteiger charge is -2.26. The first-order valence-electron chi connectivity index (χ1n) is 9.48. The number of aromatic nitrogens is 1. The molecule has 142 valence electrons. The minimum absolute atomic E-state index is 0.707. The van der Waals surface area contributed by atoms with Gasteiger partial charge >= 0.3 is 0 Å². The fraction of sp³-hybridized carbons (Fsp3) is 0.381. The topological polar surface area (TPSA) is 37.4 Å². The van der Waals surface area contributed by atoms with Gasteiger partial charge in [0.05, 0.1) is 11.3 Å². The predicted molar refractivity (Wildman–Crippen MR) is 117 cm³/mol. The van der Waals surface area contributed by atoms with Crippen LogP contribution in [0.2, 0.25) is 0 Å². The lowest BCUT2D eigenvalue weighted by atomic mass is 10.2. The van der Waals surface area contributed by atoms with Crippen LogP contribution in [0.5, 0.6) is 5.75 Å². The molecule has 1 fully saturated rings. The van der Waals surface area contributed by atoms with Crippen LogP contribution in [0.15, 0.2) is 48.5 Å². The number of thioether (sulfide) groups is 1. The molecule has 0 saturated carbocycles. The standard InChI is InChI=1S/C21H25N3OS2/c1-2-8-20-19(7-1)21(23-27-20)22-9-4-12-25-18-6-3-5-17(15-18)16-24-10-13-26-14-11-24/h1-3,5-8,15H,4,9-14,16H2,(H,22,23). The van der Waals surface area contributed by atoms with Crippen molar-refractivity contribution in [3.63, 3.8) is 0 Å². The third kappa shape index (κ3) is 5.15. The Kier molecular flexibility index (Phi) is 6.50. The third-order valence-corrected chi connectivity index (χ3v) is 6.44. The molecule has 1 N–H and O–H groups in total. The van der Waals surface area contributed by atoms with Crippen LogP contribution < -0.4 is 10.1 Å². The summed E-state index contributed by atoms with van der Waals surface area (Å²) in [6, 6.07) is 16.9. The normalized spacial score (nSPS) is 15.1. The Hall–Kier alpha value is -1.76. The lowest BCUT2D eigenvalue weighted by Crippen LogP contribution is -2.31. The van der Waals surface area contributed by atoms with Gasteiger partial charge in [0.1, 0.15) is 11.6 Å². The molecule has 4 nitrogen and oxygen atoms in total. The highest BCUT2D eigenvalue weighted by atomic mass is 32.2. The summed E-state index contributed by atoms with van der Waals surface area (Å²) in [5.74, 6) is 4.45. The number of nitrogens with zero attached hydrogens (tertiary/aromatic N) is 2. The van der Waals surface area contributed by atoms with Crippen molar-refractivity contribution in [3.05, 3.63) is 54.1 Å². The Morgan fingerprint density at radius 1 is 1.07 bits per heavy atom. The monoisotopic (exact) mass is 399 g/mol. The van der Waals surface area contributed by atoms with Crippen molar-refractivity contribution >= 4 is 39.2 Å². The number of ether oxygens (including phenoxy) is 1. The van der Waals surface area contributed by atoms with Crippen LogP contribution in [0.3, 0.4) is 0 Å². The SMILES string of the molecule is c1cc(CN2CCSCC2)cc(OCCCNc2nsc3ccccc23)c1. The van der Waals surface area contributed by atoms with Gasteiger partial charge in [-0.05, 0) is 47.8 Å². The van der Waals surface area contributed by atoms with Crippen LogP contribution >= 0.6 is 23.3 Å². The second kappa shape index (κ2) is 9.44. The van der Waals surface area contributed by atoms with Gasteiger partial charge in [0.2, 0.25) is 0 Å². The summed E-state index contributed by atoms with van der Waals surface area (Å²) in [6.45, 7) is 4.97. The summed E-state index contributed by atoms with van der Waals surface area (Å²) in [4.78, 5) is 2.53. The first-order valence-corrected chi connectivity index (χ1v) is 11.4. The van der Waals surface area contributed by atoms with E-state index in [4.69, 9.17) is 4.74 Å². The van der Waals surface area contributed by atoms with E-state index in [2.05, 4.69) is 74.9 Å². The molecule has 0 amide bonds. The molecule has 0 bridgehead atoms. The molecule has 0 unspecified atom stereocenters. The molecule has 0 atom stereocenters. The van der Waals surface area contributed by atoms with Crippen LogP contribution in [-0.4, -0.2) is 47.0 Å². The summed E-state index contributed by atoms with van der Waals surface area (Å²) in [5.41, 5.74) is 1.34. The van der Waals surface area contributed by atoms with Gasteiger partial charge < -0.3 is 10.1 Å². The molecule has 0 aliphatic carbocycles. The van der Waals surface area contributed by atoms with E-state index in [1.165, 1.54) is 40.2 Å². The van der Waals surface area contributed by atoms with E-state index in [1.54, 1.807) is 11.5 Å². The molecule has 1 aliphatic heterocycles. The smallest absolute Gasteiger partial charge is 0.147 e. The average Bonchev–Trinajstić information content (AvgIpc) is 3.12. The number of rotatable bonds is 8. The Balaban J connectivity index is 1.21. The van der Waals surface area contributed by atoms with Crippen LogP contribution in [0, 0.1) is 0 Å². The second-order valence-electron chi connectivity index (χ2n) is 6.69. The largest absolute Gasteiger partial charge is 0.494 e. The number of hydrogen-bond donors (Lipinski definition) is 1. The molecule has 0 radical (unpaired) electrons. The Labute approximate surface area is 169 Å². The molecule has 27 heavy (non-hydrogen) atoms. The average molecular weight is 400 g/mol. The van der Waals surface area contributed by atoms with E-state index < -0.39 is 0 Å². The van der Waals surface area contributed by atoms with Gasteiger partial charge in [0.15, 0.2) is 0 Å². The number of hydrogen-bond acceptors (Lipinski definition) is 6. The summed E-state index contributed by atoms with van der Waals surface area (Å²) < 4.78 is 11.7. The van der Waals surface area contributed by atoms with Crippen LogP contribution in [0.25, 0.3) is 10.1 Å². The predicted octanol–water partition coefficient (Wildman–Crippen LogP) is 4.73. The zero-order valence-corrected chi connectivity index (χ0v) is 17.0. The van der Waals surface area contributed by atoms with Crippen molar-refractivity contribution in [1.29, 1.82) is 0 Å². The summed E-state index contributed by atoms with van der Waals surface area (Å²) >= 11 is 3.59. The molecular weight excluding hydrogens is 374 g/mol. The minimum atomic E-state index is 0.707. The van der Waals surface area contributed by atoms with Crippen molar-refractivity contribution in [2.24, 2.45) is 0 Å². The Bertz CT molecular complexity index is 861. The van der Waals surface area contributed by atoms with E-state index in [9.17, 15) is 0 Å². The van der Waals surface area contributed by atoms with Gasteiger partial charge in [-0.15, -0.1) is 0 Å². The first-order chi connectivity index (χ1) is 13.4. The molecule has 6 heteroatoms. The molecular formula is C21H25N3OS2. The van der Waals surface area contributed by atoms with E-state index in [0.717, 1.165) is 31.1 Å². The zero-order chi connectivity index (χ0) is 18.3. The van der Waals surface area contributed by atoms with Gasteiger partial charge in [-0.3, -0.25) is 4.90 Å². The number of nitrogens with one attached hydrogen (secondary N) is 1. The molecule has 2 heterocycles. The fourth-order valence-electron chi connectivity index (χ4n) is 3.23. The molecule has 4 rings (SSSR count). The van der Waals surface area contributed by atoms with Gasteiger partial charge in [0, 0.05) is 43.1 Å². The maximum atomic E-state index is 5.96. The Morgan fingerprint density at radius 3 is 2.89 bits per heavy atom. The van der Waals surface area contributed by atoms with E-state index >= 15 is 0 Å². The number of benzene rings is 2. The van der Waals surface area contributed by atoms with Crippen molar-refractivity contribution < 1.29 is 4.74 Å².